The van der Waals surface area contributed by atoms with E-state index in [4.69, 9.17) is 16.3 Å². The fourth-order valence-corrected chi connectivity index (χ4v) is 3.31. The van der Waals surface area contributed by atoms with Crippen molar-refractivity contribution in [3.05, 3.63) is 58.1 Å². The number of amides is 1. The van der Waals surface area contributed by atoms with Gasteiger partial charge in [-0.1, -0.05) is 40.9 Å². The zero-order valence-corrected chi connectivity index (χ0v) is 15.1. The average Bonchev–Trinajstić information content (AvgIpc) is 2.46. The van der Waals surface area contributed by atoms with Crippen molar-refractivity contribution in [1.82, 2.24) is 0 Å². The van der Waals surface area contributed by atoms with Crippen molar-refractivity contribution in [2.24, 2.45) is 0 Å². The molecule has 2 rings (SSSR count). The molecule has 1 N–H and O–H groups in total. The maximum atomic E-state index is 12.1. The van der Waals surface area contributed by atoms with Crippen molar-refractivity contribution >= 4 is 35.0 Å². The van der Waals surface area contributed by atoms with E-state index in [1.54, 1.807) is 37.1 Å². The van der Waals surface area contributed by atoms with E-state index in [2.05, 4.69) is 37.4 Å². The first kappa shape index (κ1) is 17.7. The highest BCUT2D eigenvalue weighted by atomic mass is 35.5. The van der Waals surface area contributed by atoms with Gasteiger partial charge in [0.15, 0.2) is 0 Å². The molecule has 1 amide bonds. The summed E-state index contributed by atoms with van der Waals surface area (Å²) in [6.45, 7) is 4.17. The number of carbonyl (C=O) groups is 1. The Morgan fingerprint density at radius 1 is 1.17 bits per heavy atom. The second-order valence-corrected chi connectivity index (χ2v) is 6.80. The third-order valence-corrected chi connectivity index (χ3v) is 4.46. The summed E-state index contributed by atoms with van der Waals surface area (Å²) >= 11 is 7.54. The Balaban J connectivity index is 1.89. The van der Waals surface area contributed by atoms with Crippen LogP contribution in [0.5, 0.6) is 5.75 Å². The van der Waals surface area contributed by atoms with Gasteiger partial charge < -0.3 is 10.1 Å². The van der Waals surface area contributed by atoms with Crippen LogP contribution in [0.25, 0.3) is 0 Å². The van der Waals surface area contributed by atoms with Crippen molar-refractivity contribution in [1.29, 1.82) is 0 Å². The molecule has 0 radical (unpaired) electrons. The van der Waals surface area contributed by atoms with E-state index < -0.39 is 0 Å². The zero-order chi connectivity index (χ0) is 16.8. The number of halogens is 1. The number of rotatable bonds is 6. The molecule has 2 aromatic rings. The van der Waals surface area contributed by atoms with Crippen molar-refractivity contribution in [3.8, 4) is 5.75 Å². The second kappa shape index (κ2) is 8.27. The first-order valence-electron chi connectivity index (χ1n) is 7.26. The van der Waals surface area contributed by atoms with E-state index in [-0.39, 0.29) is 5.91 Å². The van der Waals surface area contributed by atoms with Crippen molar-refractivity contribution in [3.63, 3.8) is 0 Å². The number of hydrogen-bond donors (Lipinski definition) is 1. The van der Waals surface area contributed by atoms with Crippen LogP contribution in [0.4, 0.5) is 5.69 Å². The summed E-state index contributed by atoms with van der Waals surface area (Å²) in [7, 11) is 1.56. The van der Waals surface area contributed by atoms with Crippen LogP contribution in [0.2, 0.25) is 5.02 Å². The molecule has 0 saturated carbocycles. The van der Waals surface area contributed by atoms with Crippen molar-refractivity contribution in [2.45, 2.75) is 19.6 Å². The molecule has 0 saturated heterocycles. The molecule has 0 heterocycles. The van der Waals surface area contributed by atoms with Crippen LogP contribution in [0, 0.1) is 13.8 Å². The number of nitrogens with one attached hydrogen (secondary N) is 1. The zero-order valence-electron chi connectivity index (χ0n) is 13.5. The first-order valence-corrected chi connectivity index (χ1v) is 8.79. The van der Waals surface area contributed by atoms with E-state index in [9.17, 15) is 4.79 Å². The topological polar surface area (TPSA) is 38.3 Å². The van der Waals surface area contributed by atoms with Gasteiger partial charge in [-0.15, -0.1) is 11.8 Å². The van der Waals surface area contributed by atoms with E-state index >= 15 is 0 Å². The number of benzene rings is 2. The summed E-state index contributed by atoms with van der Waals surface area (Å²) in [6.07, 6.45) is 0. The Morgan fingerprint density at radius 3 is 2.52 bits per heavy atom. The summed E-state index contributed by atoms with van der Waals surface area (Å²) < 4.78 is 5.22. The van der Waals surface area contributed by atoms with Crippen LogP contribution in [-0.4, -0.2) is 18.8 Å². The lowest BCUT2D eigenvalue weighted by Crippen LogP contribution is -2.14. The number of thioether (sulfide) groups is 1. The van der Waals surface area contributed by atoms with Crippen LogP contribution in [-0.2, 0) is 10.5 Å². The van der Waals surface area contributed by atoms with E-state index in [1.165, 1.54) is 16.7 Å². The number of carbonyl (C=O) groups excluding carboxylic acids is 1. The maximum absolute atomic E-state index is 12.1. The molecule has 23 heavy (non-hydrogen) atoms. The largest absolute Gasteiger partial charge is 0.495 e. The second-order valence-electron chi connectivity index (χ2n) is 5.38. The highest BCUT2D eigenvalue weighted by Gasteiger charge is 2.08. The third kappa shape index (κ3) is 5.48. The number of hydrogen-bond acceptors (Lipinski definition) is 3. The average molecular weight is 350 g/mol. The Labute approximate surface area is 146 Å². The van der Waals surface area contributed by atoms with Gasteiger partial charge >= 0.3 is 0 Å². The Kier molecular flexibility index (Phi) is 6.37. The number of ether oxygens (including phenoxy) is 1. The number of aryl methyl sites for hydroxylation is 2. The molecule has 2 aromatic carbocycles. The maximum Gasteiger partial charge on any atom is 0.234 e. The smallest absolute Gasteiger partial charge is 0.234 e. The summed E-state index contributed by atoms with van der Waals surface area (Å²) in [5.74, 6) is 1.72. The fourth-order valence-electron chi connectivity index (χ4n) is 2.38. The highest BCUT2D eigenvalue weighted by Crippen LogP contribution is 2.28. The van der Waals surface area contributed by atoms with Gasteiger partial charge in [-0.3, -0.25) is 4.79 Å². The van der Waals surface area contributed by atoms with Gasteiger partial charge in [0.2, 0.25) is 5.91 Å². The monoisotopic (exact) mass is 349 g/mol. The van der Waals surface area contributed by atoms with Gasteiger partial charge in [0.1, 0.15) is 5.75 Å². The molecule has 3 nitrogen and oxygen atoms in total. The molecular weight excluding hydrogens is 330 g/mol. The Hall–Kier alpha value is -1.65. The standard InChI is InChI=1S/C18H20ClNO2S/c1-12-6-13(2)8-14(7-12)10-23-11-18(21)20-16-9-15(19)4-5-17(16)22-3/h4-9H,10-11H2,1-3H3,(H,20,21). The van der Waals surface area contributed by atoms with Crippen molar-refractivity contribution < 1.29 is 9.53 Å². The summed E-state index contributed by atoms with van der Waals surface area (Å²) in [5.41, 5.74) is 4.32. The normalized spacial score (nSPS) is 10.4. The minimum absolute atomic E-state index is 0.0695. The van der Waals surface area contributed by atoms with E-state index in [1.807, 2.05) is 0 Å². The van der Waals surface area contributed by atoms with Crippen LogP contribution < -0.4 is 10.1 Å². The van der Waals surface area contributed by atoms with Gasteiger partial charge in [0.25, 0.3) is 0 Å². The fraction of sp³-hybridized carbons (Fsp3) is 0.278. The summed E-state index contributed by atoms with van der Waals surface area (Å²) in [6, 6.07) is 11.6. The van der Waals surface area contributed by atoms with Crippen LogP contribution >= 0.6 is 23.4 Å². The first-order chi connectivity index (χ1) is 11.0. The molecule has 0 aliphatic heterocycles. The molecule has 0 unspecified atom stereocenters. The molecule has 0 bridgehead atoms. The van der Waals surface area contributed by atoms with E-state index in [0.717, 1.165) is 5.75 Å². The molecule has 0 aromatic heterocycles. The molecule has 0 aliphatic rings. The number of methoxy groups -OCH3 is 1. The Bertz CT molecular complexity index is 683. The molecule has 0 fully saturated rings. The van der Waals surface area contributed by atoms with Crippen LogP contribution in [0.3, 0.4) is 0 Å². The minimum atomic E-state index is -0.0695. The summed E-state index contributed by atoms with van der Waals surface area (Å²) in [4.78, 5) is 12.1. The Morgan fingerprint density at radius 2 is 1.87 bits per heavy atom. The van der Waals surface area contributed by atoms with Gasteiger partial charge in [-0.25, -0.2) is 0 Å². The minimum Gasteiger partial charge on any atom is -0.495 e. The van der Waals surface area contributed by atoms with Gasteiger partial charge in [-0.05, 0) is 37.6 Å². The third-order valence-electron chi connectivity index (χ3n) is 3.22. The highest BCUT2D eigenvalue weighted by molar-refractivity contribution is 7.99. The lowest BCUT2D eigenvalue weighted by atomic mass is 10.1. The molecule has 5 heteroatoms. The number of anilines is 1. The SMILES string of the molecule is COc1ccc(Cl)cc1NC(=O)CSCc1cc(C)cc(C)c1. The molecule has 122 valence electrons. The molecule has 0 spiro atoms. The molecule has 0 aliphatic carbocycles. The quantitative estimate of drug-likeness (QED) is 0.811. The van der Waals surface area contributed by atoms with Gasteiger partial charge in [0.05, 0.1) is 18.6 Å². The lowest BCUT2D eigenvalue weighted by Gasteiger charge is -2.10. The predicted molar refractivity (Wildman–Crippen MR) is 98.7 cm³/mol. The van der Waals surface area contributed by atoms with Gasteiger partial charge in [-0.2, -0.15) is 0 Å². The van der Waals surface area contributed by atoms with Crippen molar-refractivity contribution in [2.75, 3.05) is 18.2 Å². The van der Waals surface area contributed by atoms with Crippen LogP contribution in [0.15, 0.2) is 36.4 Å². The van der Waals surface area contributed by atoms with Gasteiger partial charge in [0, 0.05) is 10.8 Å². The van der Waals surface area contributed by atoms with Crippen LogP contribution in [0.1, 0.15) is 16.7 Å². The summed E-state index contributed by atoms with van der Waals surface area (Å²) in [5, 5.41) is 3.40. The molecular formula is C18H20ClNO2S. The predicted octanol–water partition coefficient (Wildman–Crippen LogP) is 4.84. The lowest BCUT2D eigenvalue weighted by molar-refractivity contribution is -0.113. The van der Waals surface area contributed by atoms with E-state index in [0.29, 0.717) is 22.2 Å². The molecule has 0 atom stereocenters.